The number of ketones is 2. The summed E-state index contributed by atoms with van der Waals surface area (Å²) < 4.78 is 0. The van der Waals surface area contributed by atoms with Crippen molar-refractivity contribution in [3.8, 4) is 0 Å². The van der Waals surface area contributed by atoms with E-state index in [1.807, 2.05) is 0 Å². The van der Waals surface area contributed by atoms with E-state index in [-0.39, 0.29) is 36.0 Å². The molecule has 1 rings (SSSR count). The fourth-order valence-electron chi connectivity index (χ4n) is 3.69. The molecule has 0 saturated heterocycles. The molecule has 1 aliphatic rings. The van der Waals surface area contributed by atoms with E-state index in [1.54, 1.807) is 0 Å². The van der Waals surface area contributed by atoms with Crippen molar-refractivity contribution in [3.05, 3.63) is 12.2 Å². The normalized spacial score (nSPS) is 15.1. The zero-order valence-corrected chi connectivity index (χ0v) is 19.4. The number of carboxylic acid groups (broad SMARTS) is 1. The van der Waals surface area contributed by atoms with Gasteiger partial charge < -0.3 is 9.90 Å². The van der Waals surface area contributed by atoms with E-state index < -0.39 is 23.0 Å². The molecule has 5 heteroatoms. The first kappa shape index (κ1) is 26.6. The van der Waals surface area contributed by atoms with Crippen LogP contribution in [-0.2, 0) is 14.4 Å². The molecule has 0 aliphatic heterocycles. The van der Waals surface area contributed by atoms with Gasteiger partial charge in [-0.2, -0.15) is 0 Å². The Morgan fingerprint density at radius 1 is 0.741 bits per heavy atom. The van der Waals surface area contributed by atoms with Crippen LogP contribution in [0.3, 0.4) is 0 Å². The van der Waals surface area contributed by atoms with Crippen molar-refractivity contribution in [1.82, 2.24) is 0 Å². The Morgan fingerprint density at radius 2 is 1.07 bits per heavy atom. The summed E-state index contributed by atoms with van der Waals surface area (Å²) >= 11 is 0. The molecular weight excluding hydrogens is 351 g/mol. The second-order valence-electron chi connectivity index (χ2n) is 7.60. The van der Waals surface area contributed by atoms with Crippen molar-refractivity contribution in [2.24, 2.45) is 5.41 Å². The number of carbonyl (C=O) groups is 3. The maximum Gasteiger partial charge on any atom is 1.00 e. The van der Waals surface area contributed by atoms with E-state index in [4.69, 9.17) is 0 Å². The maximum absolute atomic E-state index is 11.8. The van der Waals surface area contributed by atoms with Gasteiger partial charge in [-0.3, -0.25) is 9.59 Å². The molecule has 0 bridgehead atoms. The third-order valence-electron chi connectivity index (χ3n) is 5.48. The van der Waals surface area contributed by atoms with Crippen LogP contribution in [0.4, 0.5) is 0 Å². The number of carboxylic acids is 1. The van der Waals surface area contributed by atoms with E-state index >= 15 is 0 Å². The number of allylic oxidation sites excluding steroid dienone is 2. The molecule has 0 unspecified atom stereocenters. The van der Waals surface area contributed by atoms with Gasteiger partial charge >= 0.3 is 29.6 Å². The number of rotatable bonds is 16. The quantitative estimate of drug-likeness (QED) is 0.228. The summed E-state index contributed by atoms with van der Waals surface area (Å²) in [6.45, 7) is 2.24. The zero-order chi connectivity index (χ0) is 19.3. The Balaban J connectivity index is 0.00000676. The van der Waals surface area contributed by atoms with Crippen molar-refractivity contribution < 1.29 is 49.0 Å². The van der Waals surface area contributed by atoms with Gasteiger partial charge in [-0.1, -0.05) is 96.8 Å². The molecule has 0 heterocycles. The second kappa shape index (κ2) is 15.5. The summed E-state index contributed by atoms with van der Waals surface area (Å²) in [4.78, 5) is 34.9. The van der Waals surface area contributed by atoms with Crippen LogP contribution in [0.2, 0.25) is 0 Å². The van der Waals surface area contributed by atoms with E-state index in [0.717, 1.165) is 31.4 Å². The zero-order valence-electron chi connectivity index (χ0n) is 17.4. The maximum atomic E-state index is 11.8. The number of hydrogen-bond donors (Lipinski definition) is 0. The SMILES string of the molecule is CCCCCCCCCCCCCCCCC1(C(=O)[O-])C(=O)C=CC1=O.[Na+]. The standard InChI is InChI=1S/C22H36O4.Na/c1-2-3-4-5-6-7-8-9-10-11-12-13-14-15-18-22(21(25)26)19(23)16-17-20(22)24;/h16-17H,2-15,18H2,1H3,(H,25,26);/q;+1/p-1. The van der Waals surface area contributed by atoms with Gasteiger partial charge in [0.1, 0.15) is 5.41 Å². The average molecular weight is 387 g/mol. The van der Waals surface area contributed by atoms with Gasteiger partial charge in [-0.15, -0.1) is 0 Å². The van der Waals surface area contributed by atoms with Crippen LogP contribution in [0.15, 0.2) is 12.2 Å². The third-order valence-corrected chi connectivity index (χ3v) is 5.48. The molecular formula is C22H35NaO4. The van der Waals surface area contributed by atoms with Crippen molar-refractivity contribution in [1.29, 1.82) is 0 Å². The molecule has 1 aliphatic carbocycles. The Hall–Kier alpha value is -0.450. The van der Waals surface area contributed by atoms with Gasteiger partial charge in [-0.25, -0.2) is 0 Å². The monoisotopic (exact) mass is 386 g/mol. The fraction of sp³-hybridized carbons (Fsp3) is 0.773. The van der Waals surface area contributed by atoms with Gasteiger partial charge in [-0.05, 0) is 18.6 Å². The van der Waals surface area contributed by atoms with Crippen LogP contribution in [0.1, 0.15) is 103 Å². The molecule has 0 amide bonds. The van der Waals surface area contributed by atoms with Crippen LogP contribution in [-0.4, -0.2) is 17.5 Å². The molecule has 0 fully saturated rings. The van der Waals surface area contributed by atoms with E-state index in [9.17, 15) is 19.5 Å². The molecule has 27 heavy (non-hydrogen) atoms. The van der Waals surface area contributed by atoms with Gasteiger partial charge in [0, 0.05) is 0 Å². The molecule has 0 aromatic heterocycles. The van der Waals surface area contributed by atoms with E-state index in [0.29, 0.717) is 6.42 Å². The Bertz CT molecular complexity index is 467. The van der Waals surface area contributed by atoms with E-state index in [1.165, 1.54) is 64.2 Å². The smallest absolute Gasteiger partial charge is 0.549 e. The molecule has 0 aromatic carbocycles. The minimum atomic E-state index is -1.93. The molecule has 0 N–H and O–H groups in total. The molecule has 0 saturated carbocycles. The largest absolute Gasteiger partial charge is 1.00 e. The first-order chi connectivity index (χ1) is 12.6. The third kappa shape index (κ3) is 9.06. The summed E-state index contributed by atoms with van der Waals surface area (Å²) in [6.07, 6.45) is 19.0. The van der Waals surface area contributed by atoms with Crippen LogP contribution < -0.4 is 34.7 Å². The van der Waals surface area contributed by atoms with Crippen molar-refractivity contribution in [3.63, 3.8) is 0 Å². The Kier molecular flexibility index (Phi) is 15.2. The molecule has 0 radical (unpaired) electrons. The van der Waals surface area contributed by atoms with E-state index in [2.05, 4.69) is 6.92 Å². The van der Waals surface area contributed by atoms with Crippen LogP contribution in [0.25, 0.3) is 0 Å². The van der Waals surface area contributed by atoms with Crippen LogP contribution in [0, 0.1) is 5.41 Å². The predicted molar refractivity (Wildman–Crippen MR) is 102 cm³/mol. The summed E-state index contributed by atoms with van der Waals surface area (Å²) in [5, 5.41) is 11.3. The number of unbranched alkanes of at least 4 members (excludes halogenated alkanes) is 13. The second-order valence-corrected chi connectivity index (χ2v) is 7.60. The Labute approximate surface area is 186 Å². The Morgan fingerprint density at radius 3 is 1.41 bits per heavy atom. The van der Waals surface area contributed by atoms with Gasteiger partial charge in [0.25, 0.3) is 0 Å². The minimum absolute atomic E-state index is 0. The predicted octanol–water partition coefficient (Wildman–Crippen LogP) is 1.31. The number of carbonyl (C=O) groups excluding carboxylic acids is 3. The van der Waals surface area contributed by atoms with Crippen LogP contribution >= 0.6 is 0 Å². The molecule has 148 valence electrons. The molecule has 0 aromatic rings. The van der Waals surface area contributed by atoms with Crippen molar-refractivity contribution in [2.75, 3.05) is 0 Å². The first-order valence-corrected chi connectivity index (χ1v) is 10.5. The molecule has 4 nitrogen and oxygen atoms in total. The summed E-state index contributed by atoms with van der Waals surface area (Å²) in [7, 11) is 0. The van der Waals surface area contributed by atoms with Gasteiger partial charge in [0.05, 0.1) is 5.97 Å². The summed E-state index contributed by atoms with van der Waals surface area (Å²) in [5.41, 5.74) is -1.93. The molecule has 0 atom stereocenters. The number of aliphatic carboxylic acids is 1. The number of hydrogen-bond acceptors (Lipinski definition) is 4. The summed E-state index contributed by atoms with van der Waals surface area (Å²) in [6, 6.07) is 0. The van der Waals surface area contributed by atoms with Crippen molar-refractivity contribution >= 4 is 17.5 Å². The van der Waals surface area contributed by atoms with Gasteiger partial charge in [0.15, 0.2) is 11.6 Å². The first-order valence-electron chi connectivity index (χ1n) is 10.5. The van der Waals surface area contributed by atoms with Gasteiger partial charge in [0.2, 0.25) is 0 Å². The summed E-state index contributed by atoms with van der Waals surface area (Å²) in [5.74, 6) is -2.80. The topological polar surface area (TPSA) is 74.3 Å². The minimum Gasteiger partial charge on any atom is -0.549 e. The van der Waals surface area contributed by atoms with Crippen LogP contribution in [0.5, 0.6) is 0 Å². The van der Waals surface area contributed by atoms with Crippen molar-refractivity contribution in [2.45, 2.75) is 103 Å². The average Bonchev–Trinajstić information content (AvgIpc) is 2.91. The fourth-order valence-corrected chi connectivity index (χ4v) is 3.69. The molecule has 0 spiro atoms.